The third kappa shape index (κ3) is 2.93. The first-order valence-electron chi connectivity index (χ1n) is 9.15. The third-order valence-corrected chi connectivity index (χ3v) is 5.46. The van der Waals surface area contributed by atoms with Crippen LogP contribution in [0.3, 0.4) is 0 Å². The van der Waals surface area contributed by atoms with Crippen molar-refractivity contribution in [3.63, 3.8) is 0 Å². The second-order valence-electron chi connectivity index (χ2n) is 6.96. The normalized spacial score (nSPS) is 23.9. The van der Waals surface area contributed by atoms with Gasteiger partial charge in [-0.15, -0.1) is 0 Å². The molecule has 5 nitrogen and oxygen atoms in total. The van der Waals surface area contributed by atoms with E-state index in [0.29, 0.717) is 0 Å². The molecule has 0 saturated carbocycles. The summed E-state index contributed by atoms with van der Waals surface area (Å²) in [5, 5.41) is 0. The smallest absolute Gasteiger partial charge is 0.249 e. The number of likely N-dealkylation sites (tertiary alicyclic amines) is 2. The molecule has 1 atom stereocenters. The van der Waals surface area contributed by atoms with Crippen molar-refractivity contribution >= 4 is 5.91 Å². The number of carbonyl (C=O) groups is 1. The molecule has 25 heavy (non-hydrogen) atoms. The average Bonchev–Trinajstić information content (AvgIpc) is 3.33. The zero-order chi connectivity index (χ0) is 17.1. The Kier molecular flexibility index (Phi) is 4.49. The minimum absolute atomic E-state index is 0.207. The summed E-state index contributed by atoms with van der Waals surface area (Å²) in [4.78, 5) is 26.8. The van der Waals surface area contributed by atoms with Gasteiger partial charge < -0.3 is 4.90 Å². The maximum absolute atomic E-state index is 13.6. The predicted molar refractivity (Wildman–Crippen MR) is 95.6 cm³/mol. The largest absolute Gasteiger partial charge is 0.341 e. The Balaban J connectivity index is 1.72. The van der Waals surface area contributed by atoms with E-state index >= 15 is 0 Å². The molecule has 0 bridgehead atoms. The van der Waals surface area contributed by atoms with E-state index in [1.54, 1.807) is 18.6 Å². The minimum atomic E-state index is -0.672. The quantitative estimate of drug-likeness (QED) is 0.861. The minimum Gasteiger partial charge on any atom is -0.341 e. The van der Waals surface area contributed by atoms with Gasteiger partial charge in [-0.1, -0.05) is 30.3 Å². The van der Waals surface area contributed by atoms with Gasteiger partial charge in [-0.25, -0.2) is 0 Å². The molecule has 2 saturated heterocycles. The van der Waals surface area contributed by atoms with E-state index in [-0.39, 0.29) is 5.91 Å². The highest BCUT2D eigenvalue weighted by Gasteiger charge is 2.52. The number of rotatable bonds is 4. The van der Waals surface area contributed by atoms with Crippen LogP contribution in [0.2, 0.25) is 0 Å². The lowest BCUT2D eigenvalue weighted by Crippen LogP contribution is -2.54. The van der Waals surface area contributed by atoms with Crippen LogP contribution in [0.4, 0.5) is 0 Å². The number of aromatic nitrogens is 2. The van der Waals surface area contributed by atoms with Gasteiger partial charge in [0.15, 0.2) is 0 Å². The lowest BCUT2D eigenvalue weighted by Gasteiger charge is -2.39. The van der Waals surface area contributed by atoms with Gasteiger partial charge in [0, 0.05) is 32.0 Å². The van der Waals surface area contributed by atoms with Crippen LogP contribution in [0, 0.1) is 0 Å². The third-order valence-electron chi connectivity index (χ3n) is 5.46. The fourth-order valence-electron chi connectivity index (χ4n) is 4.23. The molecule has 4 rings (SSSR count). The molecule has 0 spiro atoms. The molecule has 0 unspecified atom stereocenters. The monoisotopic (exact) mass is 336 g/mol. The first kappa shape index (κ1) is 16.2. The summed E-state index contributed by atoms with van der Waals surface area (Å²) in [7, 11) is 0. The van der Waals surface area contributed by atoms with Crippen molar-refractivity contribution in [2.24, 2.45) is 0 Å². The molecule has 0 N–H and O–H groups in total. The highest BCUT2D eigenvalue weighted by molar-refractivity contribution is 5.87. The fraction of sp³-hybridized carbons (Fsp3) is 0.450. The second kappa shape index (κ2) is 6.92. The second-order valence-corrected chi connectivity index (χ2v) is 6.96. The van der Waals surface area contributed by atoms with E-state index < -0.39 is 5.54 Å². The molecule has 1 aromatic carbocycles. The number of carbonyl (C=O) groups excluding carboxylic acids is 1. The standard InChI is InChI=1S/C20H24N4O/c25-19(23-12-4-5-13-23)20(18-15-21-10-11-22-18)9-6-14-24(20)16-17-7-2-1-3-8-17/h1-3,7-8,10-11,15H,4-6,9,12-14,16H2/t20-/m0/s1. The molecule has 1 aromatic heterocycles. The summed E-state index contributed by atoms with van der Waals surface area (Å²) in [5.41, 5.74) is 1.35. The van der Waals surface area contributed by atoms with E-state index in [9.17, 15) is 4.79 Å². The summed E-state index contributed by atoms with van der Waals surface area (Å²) in [5.74, 6) is 0.207. The van der Waals surface area contributed by atoms with Crippen LogP contribution in [0.15, 0.2) is 48.9 Å². The zero-order valence-corrected chi connectivity index (χ0v) is 14.5. The molecule has 2 aliphatic rings. The van der Waals surface area contributed by atoms with E-state index in [0.717, 1.165) is 57.6 Å². The summed E-state index contributed by atoms with van der Waals surface area (Å²) < 4.78 is 0. The number of benzene rings is 1. The van der Waals surface area contributed by atoms with Gasteiger partial charge in [0.1, 0.15) is 5.54 Å². The molecule has 1 amide bonds. The van der Waals surface area contributed by atoms with Crippen molar-refractivity contribution < 1.29 is 4.79 Å². The van der Waals surface area contributed by atoms with E-state index in [1.807, 2.05) is 11.0 Å². The number of amides is 1. The van der Waals surface area contributed by atoms with E-state index in [1.165, 1.54) is 5.56 Å². The highest BCUT2D eigenvalue weighted by Crippen LogP contribution is 2.41. The lowest BCUT2D eigenvalue weighted by molar-refractivity contribution is -0.143. The molecule has 5 heteroatoms. The Hall–Kier alpha value is -2.27. The molecular weight excluding hydrogens is 312 g/mol. The van der Waals surface area contributed by atoms with Crippen LogP contribution in [0.5, 0.6) is 0 Å². The van der Waals surface area contributed by atoms with Crippen LogP contribution in [-0.4, -0.2) is 45.3 Å². The number of hydrogen-bond acceptors (Lipinski definition) is 4. The SMILES string of the molecule is O=C(N1CCCC1)[C@@]1(c2cnccn2)CCCN1Cc1ccccc1. The first-order chi connectivity index (χ1) is 12.3. The van der Waals surface area contributed by atoms with E-state index in [4.69, 9.17) is 0 Å². The van der Waals surface area contributed by atoms with Crippen LogP contribution in [0.1, 0.15) is 36.9 Å². The average molecular weight is 336 g/mol. The molecule has 2 fully saturated rings. The van der Waals surface area contributed by atoms with Gasteiger partial charge in [0.25, 0.3) is 0 Å². The van der Waals surface area contributed by atoms with Crippen molar-refractivity contribution in [1.82, 2.24) is 19.8 Å². The molecule has 130 valence electrons. The Morgan fingerprint density at radius 3 is 2.56 bits per heavy atom. The predicted octanol–water partition coefficient (Wildman–Crippen LogP) is 2.59. The first-order valence-corrected chi connectivity index (χ1v) is 9.15. The Morgan fingerprint density at radius 2 is 1.84 bits per heavy atom. The molecule has 2 aliphatic heterocycles. The molecule has 0 radical (unpaired) electrons. The zero-order valence-electron chi connectivity index (χ0n) is 14.5. The van der Waals surface area contributed by atoms with Crippen LogP contribution >= 0.6 is 0 Å². The Bertz CT molecular complexity index is 715. The summed E-state index contributed by atoms with van der Waals surface area (Å²) in [6.07, 6.45) is 9.16. The van der Waals surface area contributed by atoms with Gasteiger partial charge in [-0.3, -0.25) is 19.7 Å². The summed E-state index contributed by atoms with van der Waals surface area (Å²) >= 11 is 0. The Morgan fingerprint density at radius 1 is 1.04 bits per heavy atom. The molecular formula is C20H24N4O. The fourth-order valence-corrected chi connectivity index (χ4v) is 4.23. The highest BCUT2D eigenvalue weighted by atomic mass is 16.2. The van der Waals surface area contributed by atoms with E-state index in [2.05, 4.69) is 39.1 Å². The molecule has 0 aliphatic carbocycles. The van der Waals surface area contributed by atoms with Crippen molar-refractivity contribution in [3.8, 4) is 0 Å². The molecule has 3 heterocycles. The topological polar surface area (TPSA) is 49.3 Å². The maximum atomic E-state index is 13.6. The Labute approximate surface area is 148 Å². The summed E-state index contributed by atoms with van der Waals surface area (Å²) in [6.45, 7) is 3.39. The maximum Gasteiger partial charge on any atom is 0.249 e. The molecule has 2 aromatic rings. The van der Waals surface area contributed by atoms with Crippen LogP contribution in [-0.2, 0) is 16.9 Å². The van der Waals surface area contributed by atoms with Gasteiger partial charge in [0.2, 0.25) is 5.91 Å². The van der Waals surface area contributed by atoms with Gasteiger partial charge in [-0.05, 0) is 37.8 Å². The van der Waals surface area contributed by atoms with Gasteiger partial charge in [0.05, 0.1) is 11.9 Å². The van der Waals surface area contributed by atoms with Crippen LogP contribution < -0.4 is 0 Å². The number of nitrogens with zero attached hydrogens (tertiary/aromatic N) is 4. The van der Waals surface area contributed by atoms with Crippen molar-refractivity contribution in [3.05, 3.63) is 60.2 Å². The van der Waals surface area contributed by atoms with Crippen molar-refractivity contribution in [2.75, 3.05) is 19.6 Å². The van der Waals surface area contributed by atoms with Crippen molar-refractivity contribution in [2.45, 2.75) is 37.8 Å². The van der Waals surface area contributed by atoms with Crippen LogP contribution in [0.25, 0.3) is 0 Å². The van der Waals surface area contributed by atoms with Crippen molar-refractivity contribution in [1.29, 1.82) is 0 Å². The van der Waals surface area contributed by atoms with Gasteiger partial charge >= 0.3 is 0 Å². The lowest BCUT2D eigenvalue weighted by atomic mass is 9.89. The summed E-state index contributed by atoms with van der Waals surface area (Å²) in [6, 6.07) is 10.4. The van der Waals surface area contributed by atoms with Gasteiger partial charge in [-0.2, -0.15) is 0 Å². The number of hydrogen-bond donors (Lipinski definition) is 0.